The van der Waals surface area contributed by atoms with E-state index in [9.17, 15) is 9.18 Å². The molecule has 0 aliphatic carbocycles. The van der Waals surface area contributed by atoms with Crippen LogP contribution in [0.2, 0.25) is 0 Å². The molecular weight excluding hydrogens is 269 g/mol. The number of nitrogens with zero attached hydrogens (tertiary/aromatic N) is 2. The van der Waals surface area contributed by atoms with Crippen molar-refractivity contribution >= 4 is 11.7 Å². The van der Waals surface area contributed by atoms with Crippen molar-refractivity contribution in [1.82, 2.24) is 9.80 Å². The van der Waals surface area contributed by atoms with Gasteiger partial charge in [0.25, 0.3) is 0 Å². The molecule has 0 bridgehead atoms. The molecule has 0 unspecified atom stereocenters. The van der Waals surface area contributed by atoms with Gasteiger partial charge in [-0.3, -0.25) is 4.90 Å². The van der Waals surface area contributed by atoms with Crippen LogP contribution in [0.4, 0.5) is 14.9 Å². The Balaban J connectivity index is 1.79. The molecule has 5 heteroatoms. The third kappa shape index (κ3) is 4.70. The number of urea groups is 1. The van der Waals surface area contributed by atoms with Crippen molar-refractivity contribution in [2.45, 2.75) is 20.3 Å². The minimum absolute atomic E-state index is 0.219. The summed E-state index contributed by atoms with van der Waals surface area (Å²) in [7, 11) is 0. The minimum Gasteiger partial charge on any atom is -0.322 e. The number of hydrogen-bond acceptors (Lipinski definition) is 2. The number of carbonyl (C=O) groups is 1. The fourth-order valence-electron chi connectivity index (χ4n) is 2.37. The van der Waals surface area contributed by atoms with Crippen LogP contribution in [-0.4, -0.2) is 48.6 Å². The van der Waals surface area contributed by atoms with Crippen molar-refractivity contribution < 1.29 is 9.18 Å². The first-order valence-corrected chi connectivity index (χ1v) is 7.59. The Kier molecular flexibility index (Phi) is 5.56. The third-order valence-electron chi connectivity index (χ3n) is 3.80. The number of piperazine rings is 1. The van der Waals surface area contributed by atoms with Gasteiger partial charge in [-0.25, -0.2) is 9.18 Å². The maximum Gasteiger partial charge on any atom is 0.322 e. The summed E-state index contributed by atoms with van der Waals surface area (Å²) in [6, 6.07) is 6.02. The number of benzene rings is 1. The summed E-state index contributed by atoms with van der Waals surface area (Å²) in [4.78, 5) is 16.3. The molecule has 2 rings (SSSR count). The fraction of sp³-hybridized carbons (Fsp3) is 0.562. The lowest BCUT2D eigenvalue weighted by molar-refractivity contribution is 0.143. The van der Waals surface area contributed by atoms with Crippen molar-refractivity contribution in [3.05, 3.63) is 30.1 Å². The predicted octanol–water partition coefficient (Wildman–Crippen LogP) is 3.02. The first kappa shape index (κ1) is 15.8. The van der Waals surface area contributed by atoms with Gasteiger partial charge < -0.3 is 10.2 Å². The molecule has 1 aliphatic rings. The lowest BCUT2D eigenvalue weighted by Crippen LogP contribution is -2.50. The van der Waals surface area contributed by atoms with Gasteiger partial charge >= 0.3 is 6.03 Å². The number of para-hydroxylation sites is 1. The van der Waals surface area contributed by atoms with E-state index >= 15 is 0 Å². The Morgan fingerprint density at radius 2 is 1.90 bits per heavy atom. The van der Waals surface area contributed by atoms with Gasteiger partial charge in [-0.1, -0.05) is 26.0 Å². The molecule has 116 valence electrons. The Morgan fingerprint density at radius 1 is 1.24 bits per heavy atom. The van der Waals surface area contributed by atoms with Gasteiger partial charge in [0.15, 0.2) is 0 Å². The van der Waals surface area contributed by atoms with Crippen LogP contribution in [0.5, 0.6) is 0 Å². The summed E-state index contributed by atoms with van der Waals surface area (Å²) in [6.07, 6.45) is 1.18. The van der Waals surface area contributed by atoms with Crippen LogP contribution in [0.25, 0.3) is 0 Å². The average molecular weight is 293 g/mol. The standard InChI is InChI=1S/C16H24FN3O/c1-13(2)7-8-19-9-11-20(12-10-19)16(21)18-15-6-4-3-5-14(15)17/h3-6,13H,7-12H2,1-2H3,(H,18,21). The number of nitrogens with one attached hydrogen (secondary N) is 1. The first-order valence-electron chi connectivity index (χ1n) is 7.59. The highest BCUT2D eigenvalue weighted by atomic mass is 19.1. The van der Waals surface area contributed by atoms with Crippen molar-refractivity contribution in [3.63, 3.8) is 0 Å². The number of carbonyl (C=O) groups excluding carboxylic acids is 1. The lowest BCUT2D eigenvalue weighted by atomic mass is 10.1. The van der Waals surface area contributed by atoms with E-state index in [1.54, 1.807) is 23.1 Å². The van der Waals surface area contributed by atoms with E-state index in [0.717, 1.165) is 19.6 Å². The summed E-state index contributed by atoms with van der Waals surface area (Å²) in [5, 5.41) is 2.64. The Hall–Kier alpha value is -1.62. The van der Waals surface area contributed by atoms with E-state index in [1.807, 2.05) is 0 Å². The zero-order chi connectivity index (χ0) is 15.2. The van der Waals surface area contributed by atoms with Crippen LogP contribution in [0.1, 0.15) is 20.3 Å². The third-order valence-corrected chi connectivity index (χ3v) is 3.80. The highest BCUT2D eigenvalue weighted by Crippen LogP contribution is 2.14. The first-order chi connectivity index (χ1) is 10.1. The maximum absolute atomic E-state index is 13.5. The summed E-state index contributed by atoms with van der Waals surface area (Å²) in [5.41, 5.74) is 0.240. The second-order valence-corrected chi connectivity index (χ2v) is 5.92. The van der Waals surface area contributed by atoms with E-state index in [4.69, 9.17) is 0 Å². The van der Waals surface area contributed by atoms with Crippen molar-refractivity contribution in [3.8, 4) is 0 Å². The monoisotopic (exact) mass is 293 g/mol. The van der Waals surface area contributed by atoms with Crippen LogP contribution in [0.15, 0.2) is 24.3 Å². The van der Waals surface area contributed by atoms with E-state index in [-0.39, 0.29) is 11.7 Å². The molecule has 1 fully saturated rings. The average Bonchev–Trinajstić information content (AvgIpc) is 2.48. The molecule has 0 spiro atoms. The van der Waals surface area contributed by atoms with Gasteiger partial charge in [-0.2, -0.15) is 0 Å². The highest BCUT2D eigenvalue weighted by Gasteiger charge is 2.21. The molecule has 0 atom stereocenters. The Labute approximate surface area is 125 Å². The summed E-state index contributed by atoms with van der Waals surface area (Å²) in [6.45, 7) is 8.68. The SMILES string of the molecule is CC(C)CCN1CCN(C(=O)Nc2ccccc2F)CC1. The molecule has 0 saturated carbocycles. The molecule has 4 nitrogen and oxygen atoms in total. The molecule has 0 aromatic heterocycles. The van der Waals surface area contributed by atoms with Gasteiger partial charge in [-0.05, 0) is 31.0 Å². The van der Waals surface area contributed by atoms with Crippen LogP contribution < -0.4 is 5.32 Å². The molecule has 1 N–H and O–H groups in total. The summed E-state index contributed by atoms with van der Waals surface area (Å²) in [5.74, 6) is 0.300. The molecule has 1 saturated heterocycles. The zero-order valence-electron chi connectivity index (χ0n) is 12.8. The van der Waals surface area contributed by atoms with Crippen LogP contribution in [0.3, 0.4) is 0 Å². The van der Waals surface area contributed by atoms with E-state index in [2.05, 4.69) is 24.1 Å². The second-order valence-electron chi connectivity index (χ2n) is 5.92. The number of halogens is 1. The summed E-state index contributed by atoms with van der Waals surface area (Å²) < 4.78 is 13.5. The van der Waals surface area contributed by atoms with E-state index in [1.165, 1.54) is 12.5 Å². The molecule has 0 radical (unpaired) electrons. The van der Waals surface area contributed by atoms with Crippen molar-refractivity contribution in [2.75, 3.05) is 38.0 Å². The Bertz CT molecular complexity index is 470. The molecule has 1 heterocycles. The predicted molar refractivity (Wildman–Crippen MR) is 82.9 cm³/mol. The highest BCUT2D eigenvalue weighted by molar-refractivity contribution is 5.89. The topological polar surface area (TPSA) is 35.6 Å². The van der Waals surface area contributed by atoms with E-state index in [0.29, 0.717) is 19.0 Å². The van der Waals surface area contributed by atoms with Crippen LogP contribution in [0, 0.1) is 11.7 Å². The van der Waals surface area contributed by atoms with Gasteiger partial charge in [0.1, 0.15) is 5.82 Å². The number of hydrogen-bond donors (Lipinski definition) is 1. The number of anilines is 1. The fourth-order valence-corrected chi connectivity index (χ4v) is 2.37. The lowest BCUT2D eigenvalue weighted by Gasteiger charge is -2.35. The van der Waals surface area contributed by atoms with Crippen molar-refractivity contribution in [1.29, 1.82) is 0 Å². The molecule has 1 aromatic rings. The Morgan fingerprint density at radius 3 is 2.52 bits per heavy atom. The zero-order valence-corrected chi connectivity index (χ0v) is 12.8. The second kappa shape index (κ2) is 7.41. The minimum atomic E-state index is -0.401. The van der Waals surface area contributed by atoms with Gasteiger partial charge in [0.05, 0.1) is 5.69 Å². The van der Waals surface area contributed by atoms with Crippen LogP contribution >= 0.6 is 0 Å². The van der Waals surface area contributed by atoms with Gasteiger partial charge in [-0.15, -0.1) is 0 Å². The normalized spacial score (nSPS) is 16.3. The quantitative estimate of drug-likeness (QED) is 0.926. The van der Waals surface area contributed by atoms with Crippen LogP contribution in [-0.2, 0) is 0 Å². The molecule has 2 amide bonds. The summed E-state index contributed by atoms with van der Waals surface area (Å²) >= 11 is 0. The largest absolute Gasteiger partial charge is 0.322 e. The van der Waals surface area contributed by atoms with Gasteiger partial charge in [0.2, 0.25) is 0 Å². The van der Waals surface area contributed by atoms with E-state index < -0.39 is 5.82 Å². The number of rotatable bonds is 4. The smallest absolute Gasteiger partial charge is 0.322 e. The molecule has 1 aliphatic heterocycles. The molecular formula is C16H24FN3O. The van der Waals surface area contributed by atoms with Gasteiger partial charge in [0, 0.05) is 26.2 Å². The number of amides is 2. The molecule has 1 aromatic carbocycles. The molecule has 21 heavy (non-hydrogen) atoms. The maximum atomic E-state index is 13.5. The van der Waals surface area contributed by atoms with Crippen molar-refractivity contribution in [2.24, 2.45) is 5.92 Å².